The highest BCUT2D eigenvalue weighted by Crippen LogP contribution is 2.35. The van der Waals surface area contributed by atoms with Crippen molar-refractivity contribution < 1.29 is 9.32 Å². The predicted octanol–water partition coefficient (Wildman–Crippen LogP) is 4.67. The average molecular weight is 330 g/mol. The van der Waals surface area contributed by atoms with Crippen LogP contribution in [0.25, 0.3) is 0 Å². The lowest BCUT2D eigenvalue weighted by atomic mass is 9.79. The van der Waals surface area contributed by atoms with Gasteiger partial charge in [0.1, 0.15) is 0 Å². The number of hydrogen-bond donors (Lipinski definition) is 1. The minimum atomic E-state index is -1.24. The van der Waals surface area contributed by atoms with Gasteiger partial charge in [-0.2, -0.15) is 0 Å². The third-order valence-corrected chi connectivity index (χ3v) is 5.68. The Morgan fingerprint density at radius 2 is 1.57 bits per heavy atom. The highest BCUT2D eigenvalue weighted by atomic mass is 32.2. The molecule has 1 unspecified atom stereocenters. The number of aliphatic hydroxyl groups is 1. The van der Waals surface area contributed by atoms with Crippen LogP contribution in [-0.2, 0) is 10.8 Å². The fraction of sp³-hybridized carbons (Fsp3) is 0.400. The zero-order valence-corrected chi connectivity index (χ0v) is 15.4. The minimum Gasteiger partial charge on any atom is -0.392 e. The van der Waals surface area contributed by atoms with Crippen LogP contribution in [0.5, 0.6) is 0 Å². The molecule has 0 fully saturated rings. The lowest BCUT2D eigenvalue weighted by Gasteiger charge is -2.32. The minimum absolute atomic E-state index is 0.0828. The van der Waals surface area contributed by atoms with Gasteiger partial charge in [0, 0.05) is 15.7 Å². The maximum atomic E-state index is 13.0. The molecule has 0 aromatic heterocycles. The number of aryl methyl sites for hydroxylation is 1. The van der Waals surface area contributed by atoms with Gasteiger partial charge in [-0.1, -0.05) is 63.6 Å². The van der Waals surface area contributed by atoms with E-state index in [2.05, 4.69) is 0 Å². The summed E-state index contributed by atoms with van der Waals surface area (Å²) in [6, 6.07) is 15.5. The van der Waals surface area contributed by atoms with E-state index >= 15 is 0 Å². The van der Waals surface area contributed by atoms with Crippen LogP contribution >= 0.6 is 0 Å². The summed E-state index contributed by atoms with van der Waals surface area (Å²) < 4.78 is 13.0. The zero-order chi connectivity index (χ0) is 17.2. The smallest absolute Gasteiger partial charge is 0.0852 e. The van der Waals surface area contributed by atoms with Gasteiger partial charge in [-0.25, -0.2) is 4.21 Å². The molecular formula is C20H26O2S. The Kier molecular flexibility index (Phi) is 5.43. The summed E-state index contributed by atoms with van der Waals surface area (Å²) in [6.45, 7) is 10.1. The fourth-order valence-electron chi connectivity index (χ4n) is 2.73. The van der Waals surface area contributed by atoms with Crippen molar-refractivity contribution in [3.05, 3.63) is 59.7 Å². The molecule has 2 nitrogen and oxygen atoms in total. The summed E-state index contributed by atoms with van der Waals surface area (Å²) in [6.07, 6.45) is -0.501. The third-order valence-electron chi connectivity index (χ3n) is 4.21. The van der Waals surface area contributed by atoms with Gasteiger partial charge in [0.15, 0.2) is 0 Å². The van der Waals surface area contributed by atoms with E-state index in [1.165, 1.54) is 0 Å². The Morgan fingerprint density at radius 3 is 2.13 bits per heavy atom. The van der Waals surface area contributed by atoms with Crippen molar-refractivity contribution in [3.8, 4) is 0 Å². The van der Waals surface area contributed by atoms with E-state index in [-0.39, 0.29) is 11.3 Å². The van der Waals surface area contributed by atoms with E-state index in [9.17, 15) is 9.32 Å². The predicted molar refractivity (Wildman–Crippen MR) is 96.2 cm³/mol. The van der Waals surface area contributed by atoms with Gasteiger partial charge in [-0.05, 0) is 36.1 Å². The van der Waals surface area contributed by atoms with Crippen LogP contribution in [0.1, 0.15) is 44.7 Å². The average Bonchev–Trinajstić information content (AvgIpc) is 2.52. The van der Waals surface area contributed by atoms with E-state index in [0.29, 0.717) is 0 Å². The molecule has 0 saturated carbocycles. The van der Waals surface area contributed by atoms with Gasteiger partial charge in [0.25, 0.3) is 0 Å². The maximum absolute atomic E-state index is 13.0. The second-order valence-electron chi connectivity index (χ2n) is 7.22. The number of aliphatic hydroxyl groups excluding tert-OH is 1. The highest BCUT2D eigenvalue weighted by molar-refractivity contribution is 7.85. The Labute approximate surface area is 142 Å². The first-order valence-electron chi connectivity index (χ1n) is 7.97. The molecule has 0 saturated heterocycles. The maximum Gasteiger partial charge on any atom is 0.0852 e. The summed E-state index contributed by atoms with van der Waals surface area (Å²) >= 11 is 0. The molecule has 1 N–H and O–H groups in total. The van der Waals surface area contributed by atoms with Gasteiger partial charge >= 0.3 is 0 Å². The fourth-order valence-corrected chi connectivity index (χ4v) is 4.04. The zero-order valence-electron chi connectivity index (χ0n) is 14.5. The summed E-state index contributed by atoms with van der Waals surface area (Å²) in [4.78, 5) is 1.58. The second kappa shape index (κ2) is 6.98. The molecule has 2 rings (SSSR count). The molecule has 2 aromatic carbocycles. The molecule has 3 heteroatoms. The van der Waals surface area contributed by atoms with Crippen molar-refractivity contribution >= 4 is 10.8 Å². The van der Waals surface area contributed by atoms with Crippen LogP contribution in [0.15, 0.2) is 58.3 Å². The summed E-state index contributed by atoms with van der Waals surface area (Å²) in [5.41, 5.74) is 1.88. The van der Waals surface area contributed by atoms with Crippen molar-refractivity contribution in [3.63, 3.8) is 0 Å². The Morgan fingerprint density at radius 1 is 1.00 bits per heavy atom. The lowest BCUT2D eigenvalue weighted by Crippen LogP contribution is -2.31. The molecule has 0 spiro atoms. The van der Waals surface area contributed by atoms with Crippen LogP contribution in [0.2, 0.25) is 0 Å². The van der Waals surface area contributed by atoms with Gasteiger partial charge in [0.05, 0.1) is 16.9 Å². The Hall–Kier alpha value is -1.45. The van der Waals surface area contributed by atoms with E-state index in [1.807, 2.05) is 83.1 Å². The van der Waals surface area contributed by atoms with E-state index < -0.39 is 16.9 Å². The quantitative estimate of drug-likeness (QED) is 0.884. The Balaban J connectivity index is 2.41. The van der Waals surface area contributed by atoms with Gasteiger partial charge in [0.2, 0.25) is 0 Å². The normalized spacial score (nSPS) is 15.9. The van der Waals surface area contributed by atoms with Gasteiger partial charge in [-0.15, -0.1) is 0 Å². The largest absolute Gasteiger partial charge is 0.392 e. The van der Waals surface area contributed by atoms with Crippen LogP contribution in [0, 0.1) is 12.3 Å². The van der Waals surface area contributed by atoms with Crippen LogP contribution in [0.4, 0.5) is 0 Å². The SMILES string of the molecule is Cc1ccc(S(=O)c2ccccc2[C@H](C)[C@H](O)C(C)(C)C)cc1. The highest BCUT2D eigenvalue weighted by Gasteiger charge is 2.30. The van der Waals surface area contributed by atoms with Crippen molar-refractivity contribution in [2.24, 2.45) is 5.41 Å². The van der Waals surface area contributed by atoms with Crippen molar-refractivity contribution in [1.29, 1.82) is 0 Å². The molecule has 2 aromatic rings. The van der Waals surface area contributed by atoms with E-state index in [1.54, 1.807) is 0 Å². The molecule has 0 amide bonds. The number of rotatable bonds is 4. The lowest BCUT2D eigenvalue weighted by molar-refractivity contribution is 0.0428. The first-order valence-corrected chi connectivity index (χ1v) is 9.12. The summed E-state index contributed by atoms with van der Waals surface area (Å²) in [5.74, 6) is -0.0828. The third kappa shape index (κ3) is 4.10. The van der Waals surface area contributed by atoms with Gasteiger partial charge < -0.3 is 5.11 Å². The number of hydrogen-bond acceptors (Lipinski definition) is 2. The topological polar surface area (TPSA) is 37.3 Å². The first kappa shape index (κ1) is 17.9. The number of benzene rings is 2. The molecule has 3 atom stereocenters. The van der Waals surface area contributed by atoms with Crippen LogP contribution in [0.3, 0.4) is 0 Å². The summed E-state index contributed by atoms with van der Waals surface area (Å²) in [5, 5.41) is 10.6. The van der Waals surface area contributed by atoms with Crippen molar-refractivity contribution in [2.75, 3.05) is 0 Å². The van der Waals surface area contributed by atoms with Crippen molar-refractivity contribution in [2.45, 2.75) is 56.4 Å². The molecule has 0 heterocycles. The van der Waals surface area contributed by atoms with Gasteiger partial charge in [-0.3, -0.25) is 0 Å². The second-order valence-corrected chi connectivity index (χ2v) is 8.67. The van der Waals surface area contributed by atoms with E-state index in [4.69, 9.17) is 0 Å². The summed E-state index contributed by atoms with van der Waals surface area (Å²) in [7, 11) is -1.24. The first-order chi connectivity index (χ1) is 10.7. The molecule has 124 valence electrons. The molecule has 23 heavy (non-hydrogen) atoms. The molecule has 0 aliphatic carbocycles. The van der Waals surface area contributed by atoms with E-state index in [0.717, 1.165) is 20.9 Å². The van der Waals surface area contributed by atoms with Crippen molar-refractivity contribution in [1.82, 2.24) is 0 Å². The van der Waals surface area contributed by atoms with Crippen LogP contribution in [-0.4, -0.2) is 15.4 Å². The molecule has 0 radical (unpaired) electrons. The molecule has 0 bridgehead atoms. The van der Waals surface area contributed by atoms with Crippen LogP contribution < -0.4 is 0 Å². The molecule has 0 aliphatic heterocycles. The Bertz CT molecular complexity index is 684. The molecule has 0 aliphatic rings. The standard InChI is InChI=1S/C20H26O2S/c1-14-10-12-16(13-11-14)23(22)18-9-7-6-8-17(18)15(2)19(21)20(3,4)5/h6-13,15,19,21H,1-5H3/t15-,19-,23?/m0/s1. The molecular weight excluding hydrogens is 304 g/mol. The monoisotopic (exact) mass is 330 g/mol.